The molecular formula is C40H56F2N2O7. The Labute approximate surface area is 301 Å². The van der Waals surface area contributed by atoms with E-state index < -0.39 is 41.2 Å². The number of halogens is 2. The molecule has 2 aromatic carbocycles. The minimum atomic E-state index is -1.26. The fourth-order valence-corrected chi connectivity index (χ4v) is 5.62. The van der Waals surface area contributed by atoms with E-state index in [2.05, 4.69) is 10.6 Å². The number of ketones is 2. The van der Waals surface area contributed by atoms with E-state index in [1.165, 1.54) is 0 Å². The number of hydrogen-bond donors (Lipinski definition) is 2. The molecule has 0 bridgehead atoms. The van der Waals surface area contributed by atoms with Crippen molar-refractivity contribution in [3.8, 4) is 0 Å². The van der Waals surface area contributed by atoms with Crippen LogP contribution in [0, 0.1) is 17.0 Å². The van der Waals surface area contributed by atoms with Gasteiger partial charge >= 0.3 is 5.97 Å². The number of esters is 1. The van der Waals surface area contributed by atoms with Gasteiger partial charge < -0.3 is 20.1 Å². The second kappa shape index (κ2) is 22.7. The van der Waals surface area contributed by atoms with E-state index in [0.717, 1.165) is 23.8 Å². The first-order valence-electron chi connectivity index (χ1n) is 18.1. The van der Waals surface area contributed by atoms with Crippen LogP contribution in [0.15, 0.2) is 48.5 Å². The highest BCUT2D eigenvalue weighted by Gasteiger charge is 2.34. The van der Waals surface area contributed by atoms with Gasteiger partial charge in [-0.25, -0.2) is 8.78 Å². The Balaban J connectivity index is 2.10. The number of rotatable bonds is 25. The number of carbonyl (C=O) groups excluding carboxylic acids is 5. The van der Waals surface area contributed by atoms with Crippen LogP contribution in [-0.2, 0) is 46.5 Å². The molecule has 3 atom stereocenters. The Bertz CT molecular complexity index is 1420. The third-order valence-corrected chi connectivity index (χ3v) is 8.55. The second-order valence-electron chi connectivity index (χ2n) is 13.9. The summed E-state index contributed by atoms with van der Waals surface area (Å²) in [5.41, 5.74) is 0.505. The summed E-state index contributed by atoms with van der Waals surface area (Å²) in [5.74, 6) is -2.83. The number of amides is 2. The molecule has 11 heteroatoms. The summed E-state index contributed by atoms with van der Waals surface area (Å²) in [6.07, 6.45) is 1.92. The predicted molar refractivity (Wildman–Crippen MR) is 192 cm³/mol. The van der Waals surface area contributed by atoms with Gasteiger partial charge in [-0.2, -0.15) is 0 Å². The standard InChI is InChI=1S/C40H56F2N2O7/c1-6-12-36(47)43-31(24-29-23-30(41)17-18-33(29)42)25-32(45)19-21-40(4,5)22-20-35(46)39(51-38(49)14-8-3)34(44-37(48)13-7-2)27-50-26-28-15-10-9-11-16-28/h9-11,15-18,23,31,34,39H,6-8,12-14,19-22,24-27H2,1-5H3,(H,43,47)(H,44,48)/t31?,34-,39+/m1/s1. The molecule has 0 aliphatic carbocycles. The molecule has 0 aromatic heterocycles. The van der Waals surface area contributed by atoms with Gasteiger partial charge in [-0.3, -0.25) is 24.0 Å². The van der Waals surface area contributed by atoms with E-state index >= 15 is 0 Å². The maximum atomic E-state index is 14.4. The summed E-state index contributed by atoms with van der Waals surface area (Å²) < 4.78 is 39.8. The van der Waals surface area contributed by atoms with Crippen LogP contribution >= 0.6 is 0 Å². The van der Waals surface area contributed by atoms with E-state index in [1.54, 1.807) is 0 Å². The van der Waals surface area contributed by atoms with Crippen LogP contribution in [0.1, 0.15) is 116 Å². The van der Waals surface area contributed by atoms with E-state index in [0.29, 0.717) is 32.1 Å². The number of benzene rings is 2. The molecule has 9 nitrogen and oxygen atoms in total. The monoisotopic (exact) mass is 714 g/mol. The van der Waals surface area contributed by atoms with Gasteiger partial charge in [0.25, 0.3) is 0 Å². The molecule has 282 valence electrons. The third-order valence-electron chi connectivity index (χ3n) is 8.55. The smallest absolute Gasteiger partial charge is 0.306 e. The highest BCUT2D eigenvalue weighted by molar-refractivity contribution is 5.87. The molecular weight excluding hydrogens is 658 g/mol. The highest BCUT2D eigenvalue weighted by Crippen LogP contribution is 2.30. The average Bonchev–Trinajstić information content (AvgIpc) is 3.07. The molecule has 0 aliphatic rings. The molecule has 2 rings (SSSR count). The second-order valence-corrected chi connectivity index (χ2v) is 13.9. The molecule has 0 spiro atoms. The van der Waals surface area contributed by atoms with Crippen LogP contribution in [0.5, 0.6) is 0 Å². The maximum Gasteiger partial charge on any atom is 0.306 e. The lowest BCUT2D eigenvalue weighted by molar-refractivity contribution is -0.159. The van der Waals surface area contributed by atoms with E-state index in [9.17, 15) is 32.8 Å². The Morgan fingerprint density at radius 3 is 2.06 bits per heavy atom. The van der Waals surface area contributed by atoms with Crippen LogP contribution in [0.25, 0.3) is 0 Å². The first-order chi connectivity index (χ1) is 24.3. The Morgan fingerprint density at radius 1 is 0.784 bits per heavy atom. The lowest BCUT2D eigenvalue weighted by Gasteiger charge is -2.29. The summed E-state index contributed by atoms with van der Waals surface area (Å²) in [5, 5.41) is 5.65. The average molecular weight is 715 g/mol. The summed E-state index contributed by atoms with van der Waals surface area (Å²) in [6.45, 7) is 9.59. The molecule has 2 aromatic rings. The van der Waals surface area contributed by atoms with Crippen molar-refractivity contribution < 1.29 is 42.2 Å². The van der Waals surface area contributed by atoms with Gasteiger partial charge in [-0.1, -0.05) is 65.0 Å². The maximum absolute atomic E-state index is 14.4. The normalized spacial score (nSPS) is 13.2. The first kappa shape index (κ1) is 43.2. The number of hydrogen-bond acceptors (Lipinski definition) is 7. The Kier molecular flexibility index (Phi) is 19.3. The van der Waals surface area contributed by atoms with Gasteiger partial charge in [0.2, 0.25) is 11.8 Å². The summed E-state index contributed by atoms with van der Waals surface area (Å²) in [4.78, 5) is 64.6. The zero-order chi connectivity index (χ0) is 37.8. The van der Waals surface area contributed by atoms with Crippen LogP contribution in [-0.4, -0.2) is 54.1 Å². The van der Waals surface area contributed by atoms with Crippen molar-refractivity contribution in [1.29, 1.82) is 0 Å². The molecule has 2 amide bonds. The molecule has 0 saturated heterocycles. The lowest BCUT2D eigenvalue weighted by atomic mass is 9.80. The van der Waals surface area contributed by atoms with Crippen molar-refractivity contribution in [2.24, 2.45) is 5.41 Å². The topological polar surface area (TPSA) is 128 Å². The van der Waals surface area contributed by atoms with Gasteiger partial charge in [0.15, 0.2) is 11.9 Å². The molecule has 0 radical (unpaired) electrons. The fraction of sp³-hybridized carbons (Fsp3) is 0.575. The van der Waals surface area contributed by atoms with Crippen LogP contribution < -0.4 is 10.6 Å². The van der Waals surface area contributed by atoms with Crippen LogP contribution in [0.4, 0.5) is 8.78 Å². The fourth-order valence-electron chi connectivity index (χ4n) is 5.62. The highest BCUT2D eigenvalue weighted by atomic mass is 19.1. The number of ether oxygens (including phenoxy) is 2. The summed E-state index contributed by atoms with van der Waals surface area (Å²) >= 11 is 0. The first-order valence-corrected chi connectivity index (χ1v) is 18.1. The molecule has 0 aliphatic heterocycles. The molecule has 0 fully saturated rings. The zero-order valence-electron chi connectivity index (χ0n) is 30.9. The SMILES string of the molecule is CCCC(=O)NC(CC(=O)CCC(C)(C)CCC(=O)[C@@H](OC(=O)CCC)[C@@H](COCc1ccccc1)NC(=O)CCC)Cc1cc(F)ccc1F. The number of nitrogens with one attached hydrogen (secondary N) is 2. The van der Waals surface area contributed by atoms with Crippen molar-refractivity contribution >= 4 is 29.4 Å². The van der Waals surface area contributed by atoms with Crippen molar-refractivity contribution in [3.63, 3.8) is 0 Å². The molecule has 51 heavy (non-hydrogen) atoms. The molecule has 0 saturated carbocycles. The zero-order valence-corrected chi connectivity index (χ0v) is 30.9. The van der Waals surface area contributed by atoms with Gasteiger partial charge in [-0.05, 0) is 73.3 Å². The third kappa shape index (κ3) is 17.2. The quantitative estimate of drug-likeness (QED) is 0.105. The number of carbonyl (C=O) groups is 5. The van der Waals surface area contributed by atoms with E-state index in [1.807, 2.05) is 65.0 Å². The Morgan fingerprint density at radius 2 is 1.41 bits per heavy atom. The van der Waals surface area contributed by atoms with Gasteiger partial charge in [0.1, 0.15) is 17.4 Å². The minimum Gasteiger partial charge on any atom is -0.452 e. The molecule has 2 N–H and O–H groups in total. The van der Waals surface area contributed by atoms with Crippen molar-refractivity contribution in [3.05, 3.63) is 71.3 Å². The molecule has 1 unspecified atom stereocenters. The number of Topliss-reactive ketones (excluding diaryl/α,β-unsaturated/α-hetero) is 2. The molecule has 0 heterocycles. The van der Waals surface area contributed by atoms with Crippen molar-refractivity contribution in [2.75, 3.05) is 6.61 Å². The van der Waals surface area contributed by atoms with E-state index in [4.69, 9.17) is 9.47 Å². The summed E-state index contributed by atoms with van der Waals surface area (Å²) in [6, 6.07) is 10.9. The van der Waals surface area contributed by atoms with Crippen molar-refractivity contribution in [1.82, 2.24) is 10.6 Å². The van der Waals surface area contributed by atoms with Gasteiger partial charge in [0, 0.05) is 44.6 Å². The van der Waals surface area contributed by atoms with Gasteiger partial charge in [-0.15, -0.1) is 0 Å². The van der Waals surface area contributed by atoms with Crippen molar-refractivity contribution in [2.45, 2.75) is 136 Å². The van der Waals surface area contributed by atoms with Crippen LogP contribution in [0.3, 0.4) is 0 Å². The largest absolute Gasteiger partial charge is 0.452 e. The minimum absolute atomic E-state index is 0.0264. The van der Waals surface area contributed by atoms with Crippen LogP contribution in [0.2, 0.25) is 0 Å². The lowest BCUT2D eigenvalue weighted by Crippen LogP contribution is -2.51. The Hall–Kier alpha value is -3.99. The van der Waals surface area contributed by atoms with Gasteiger partial charge in [0.05, 0.1) is 19.3 Å². The summed E-state index contributed by atoms with van der Waals surface area (Å²) in [7, 11) is 0. The predicted octanol–water partition coefficient (Wildman–Crippen LogP) is 7.12. The van der Waals surface area contributed by atoms with E-state index in [-0.39, 0.29) is 87.1 Å².